The molecule has 0 atom stereocenters. The number of carbonyl (C=O) groups is 1. The molecule has 23 heavy (non-hydrogen) atoms. The van der Waals surface area contributed by atoms with E-state index in [1.165, 1.54) is 12.8 Å². The zero-order valence-electron chi connectivity index (χ0n) is 14.4. The van der Waals surface area contributed by atoms with Gasteiger partial charge in [0.2, 0.25) is 0 Å². The fraction of sp³-hybridized carbons (Fsp3) is 0.778. The van der Waals surface area contributed by atoms with Gasteiger partial charge in [0.15, 0.2) is 0 Å². The van der Waals surface area contributed by atoms with E-state index in [-0.39, 0.29) is 11.4 Å². The van der Waals surface area contributed by atoms with Gasteiger partial charge < -0.3 is 10.1 Å². The summed E-state index contributed by atoms with van der Waals surface area (Å²) < 4.78 is 7.37. The Balaban J connectivity index is 1.62. The van der Waals surface area contributed by atoms with Gasteiger partial charge in [-0.25, -0.2) is 0 Å². The fourth-order valence-corrected chi connectivity index (χ4v) is 4.03. The van der Waals surface area contributed by atoms with Gasteiger partial charge in [-0.3, -0.25) is 9.48 Å². The topological polar surface area (TPSA) is 56.1 Å². The van der Waals surface area contributed by atoms with Crippen LogP contribution in [0, 0.1) is 5.92 Å². The second-order valence-corrected chi connectivity index (χ2v) is 7.70. The van der Waals surface area contributed by atoms with Crippen molar-refractivity contribution in [3.63, 3.8) is 0 Å². The van der Waals surface area contributed by atoms with E-state index in [1.807, 2.05) is 10.7 Å². The number of ether oxygens (including phenoxy) is 1. The summed E-state index contributed by atoms with van der Waals surface area (Å²) in [7, 11) is 0. The van der Waals surface area contributed by atoms with Crippen molar-refractivity contribution in [1.82, 2.24) is 15.1 Å². The Morgan fingerprint density at radius 1 is 1.30 bits per heavy atom. The molecule has 1 N–H and O–H groups in total. The van der Waals surface area contributed by atoms with Crippen LogP contribution in [-0.4, -0.2) is 34.4 Å². The SMILES string of the molecule is CC(C)(CC1CCOCC1)NC(=O)c1ccnn1C1CCCC1. The van der Waals surface area contributed by atoms with Crippen molar-refractivity contribution in [2.24, 2.45) is 5.92 Å². The number of hydrogen-bond donors (Lipinski definition) is 1. The molecular formula is C18H29N3O2. The lowest BCUT2D eigenvalue weighted by Crippen LogP contribution is -2.46. The lowest BCUT2D eigenvalue weighted by atomic mass is 9.86. The molecule has 0 unspecified atom stereocenters. The molecule has 128 valence electrons. The molecule has 5 heteroatoms. The molecule has 0 bridgehead atoms. The van der Waals surface area contributed by atoms with Gasteiger partial charge >= 0.3 is 0 Å². The van der Waals surface area contributed by atoms with E-state index in [4.69, 9.17) is 4.74 Å². The van der Waals surface area contributed by atoms with Crippen molar-refractivity contribution in [3.05, 3.63) is 18.0 Å². The van der Waals surface area contributed by atoms with Gasteiger partial charge in [0.1, 0.15) is 5.69 Å². The molecule has 1 aromatic rings. The first kappa shape index (κ1) is 16.5. The van der Waals surface area contributed by atoms with Crippen molar-refractivity contribution >= 4 is 5.91 Å². The molecule has 2 heterocycles. The van der Waals surface area contributed by atoms with Crippen LogP contribution >= 0.6 is 0 Å². The Kier molecular flexibility index (Phi) is 5.05. The molecule has 0 radical (unpaired) electrons. The number of nitrogens with one attached hydrogen (secondary N) is 1. The minimum Gasteiger partial charge on any atom is -0.381 e. The van der Waals surface area contributed by atoms with Crippen LogP contribution in [0.25, 0.3) is 0 Å². The standard InChI is InChI=1S/C18H29N3O2/c1-18(2,13-14-8-11-23-12-9-14)20-17(22)16-7-10-19-21(16)15-5-3-4-6-15/h7,10,14-15H,3-6,8-9,11-13H2,1-2H3,(H,20,22). The van der Waals surface area contributed by atoms with Crippen molar-refractivity contribution in [1.29, 1.82) is 0 Å². The van der Waals surface area contributed by atoms with Crippen LogP contribution in [0.4, 0.5) is 0 Å². The number of aromatic nitrogens is 2. The average molecular weight is 319 g/mol. The van der Waals surface area contributed by atoms with E-state index in [0.717, 1.165) is 45.3 Å². The first-order valence-electron chi connectivity index (χ1n) is 8.99. The van der Waals surface area contributed by atoms with Crippen molar-refractivity contribution in [3.8, 4) is 0 Å². The average Bonchev–Trinajstić information content (AvgIpc) is 3.18. The van der Waals surface area contributed by atoms with Crippen LogP contribution in [-0.2, 0) is 4.74 Å². The lowest BCUT2D eigenvalue weighted by Gasteiger charge is -2.32. The number of nitrogens with zero attached hydrogens (tertiary/aromatic N) is 2. The maximum absolute atomic E-state index is 12.7. The number of carbonyl (C=O) groups excluding carboxylic acids is 1. The second kappa shape index (κ2) is 7.04. The number of rotatable bonds is 5. The van der Waals surface area contributed by atoms with E-state index >= 15 is 0 Å². The maximum atomic E-state index is 12.7. The van der Waals surface area contributed by atoms with Gasteiger partial charge in [-0.1, -0.05) is 12.8 Å². The molecule has 5 nitrogen and oxygen atoms in total. The fourth-order valence-electron chi connectivity index (χ4n) is 4.03. The summed E-state index contributed by atoms with van der Waals surface area (Å²) in [5.74, 6) is 0.644. The minimum absolute atomic E-state index is 0.00598. The van der Waals surface area contributed by atoms with Crippen LogP contribution in [0.5, 0.6) is 0 Å². The third kappa shape index (κ3) is 4.14. The highest BCUT2D eigenvalue weighted by Gasteiger charge is 2.29. The molecular weight excluding hydrogens is 290 g/mol. The molecule has 0 aromatic carbocycles. The first-order valence-corrected chi connectivity index (χ1v) is 8.99. The van der Waals surface area contributed by atoms with Gasteiger partial charge in [-0.15, -0.1) is 0 Å². The smallest absolute Gasteiger partial charge is 0.269 e. The summed E-state index contributed by atoms with van der Waals surface area (Å²) in [4.78, 5) is 12.7. The normalized spacial score (nSPS) is 20.8. The van der Waals surface area contributed by atoms with Crippen LogP contribution in [0.1, 0.15) is 75.3 Å². The van der Waals surface area contributed by atoms with E-state index in [0.29, 0.717) is 17.7 Å². The van der Waals surface area contributed by atoms with Gasteiger partial charge in [0.25, 0.3) is 5.91 Å². The Morgan fingerprint density at radius 2 is 2.00 bits per heavy atom. The zero-order valence-corrected chi connectivity index (χ0v) is 14.4. The van der Waals surface area contributed by atoms with E-state index in [2.05, 4.69) is 24.3 Å². The molecule has 1 saturated heterocycles. The predicted octanol–water partition coefficient (Wildman–Crippen LogP) is 3.32. The molecule has 1 aliphatic heterocycles. The summed E-state index contributed by atoms with van der Waals surface area (Å²) >= 11 is 0. The Hall–Kier alpha value is -1.36. The zero-order chi connectivity index (χ0) is 16.3. The largest absolute Gasteiger partial charge is 0.381 e. The van der Waals surface area contributed by atoms with Gasteiger partial charge in [0, 0.05) is 24.9 Å². The molecule has 2 aliphatic rings. The lowest BCUT2D eigenvalue weighted by molar-refractivity contribution is 0.0544. The van der Waals surface area contributed by atoms with E-state index in [1.54, 1.807) is 6.20 Å². The summed E-state index contributed by atoms with van der Waals surface area (Å²) in [6, 6.07) is 2.24. The Bertz CT molecular complexity index is 526. The van der Waals surface area contributed by atoms with Crippen LogP contribution < -0.4 is 5.32 Å². The summed E-state index contributed by atoms with van der Waals surface area (Å²) in [6.45, 7) is 5.94. The highest BCUT2D eigenvalue weighted by molar-refractivity contribution is 5.93. The third-order valence-electron chi connectivity index (χ3n) is 5.17. The molecule has 1 aromatic heterocycles. The third-order valence-corrected chi connectivity index (χ3v) is 5.17. The molecule has 0 spiro atoms. The predicted molar refractivity (Wildman–Crippen MR) is 89.4 cm³/mol. The highest BCUT2D eigenvalue weighted by Crippen LogP contribution is 2.30. The summed E-state index contributed by atoms with van der Waals surface area (Å²) in [5.41, 5.74) is 0.501. The number of hydrogen-bond acceptors (Lipinski definition) is 3. The Labute approximate surface area is 138 Å². The second-order valence-electron chi connectivity index (χ2n) is 7.70. The van der Waals surface area contributed by atoms with Crippen molar-refractivity contribution < 1.29 is 9.53 Å². The molecule has 1 saturated carbocycles. The Morgan fingerprint density at radius 3 is 2.70 bits per heavy atom. The molecule has 3 rings (SSSR count). The van der Waals surface area contributed by atoms with Crippen molar-refractivity contribution in [2.45, 2.75) is 70.4 Å². The minimum atomic E-state index is -0.204. The first-order chi connectivity index (χ1) is 11.1. The van der Waals surface area contributed by atoms with Crippen LogP contribution in [0.15, 0.2) is 12.3 Å². The van der Waals surface area contributed by atoms with E-state index in [9.17, 15) is 4.79 Å². The molecule has 1 amide bonds. The summed E-state index contributed by atoms with van der Waals surface area (Å²) in [5, 5.41) is 7.63. The van der Waals surface area contributed by atoms with Crippen LogP contribution in [0.2, 0.25) is 0 Å². The van der Waals surface area contributed by atoms with Gasteiger partial charge in [-0.2, -0.15) is 5.10 Å². The maximum Gasteiger partial charge on any atom is 0.269 e. The number of amides is 1. The van der Waals surface area contributed by atoms with E-state index < -0.39 is 0 Å². The molecule has 1 aliphatic carbocycles. The van der Waals surface area contributed by atoms with Gasteiger partial charge in [0.05, 0.1) is 6.04 Å². The summed E-state index contributed by atoms with van der Waals surface area (Å²) in [6.07, 6.45) is 9.68. The van der Waals surface area contributed by atoms with Gasteiger partial charge in [-0.05, 0) is 57.9 Å². The molecule has 2 fully saturated rings. The quantitative estimate of drug-likeness (QED) is 0.906. The van der Waals surface area contributed by atoms with Crippen LogP contribution in [0.3, 0.4) is 0 Å². The highest BCUT2D eigenvalue weighted by atomic mass is 16.5. The van der Waals surface area contributed by atoms with Crippen molar-refractivity contribution in [2.75, 3.05) is 13.2 Å². The monoisotopic (exact) mass is 319 g/mol.